The maximum atomic E-state index is 9.57. The lowest BCUT2D eigenvalue weighted by Crippen LogP contribution is -2.45. The van der Waals surface area contributed by atoms with E-state index in [9.17, 15) is 10.0 Å². The zero-order chi connectivity index (χ0) is 24.2. The van der Waals surface area contributed by atoms with Crippen molar-refractivity contribution in [3.63, 3.8) is 0 Å². The van der Waals surface area contributed by atoms with Crippen molar-refractivity contribution in [3.05, 3.63) is 36.9 Å². The van der Waals surface area contributed by atoms with Gasteiger partial charge in [0.25, 0.3) is 0 Å². The van der Waals surface area contributed by atoms with Gasteiger partial charge in [0.05, 0.1) is 18.3 Å². The molecule has 0 spiro atoms. The topological polar surface area (TPSA) is 82.6 Å². The Hall–Kier alpha value is -1.61. The van der Waals surface area contributed by atoms with Gasteiger partial charge in [-0.3, -0.25) is 0 Å². The molecule has 4 heterocycles. The molecule has 0 amide bonds. The number of piperidine rings is 2. The van der Waals surface area contributed by atoms with Crippen LogP contribution in [0.15, 0.2) is 31.2 Å². The van der Waals surface area contributed by atoms with Crippen LogP contribution in [-0.2, 0) is 13.1 Å². The molecular weight excluding hydrogens is 414 g/mol. The third kappa shape index (κ3) is 9.65. The van der Waals surface area contributed by atoms with Crippen LogP contribution in [0.5, 0.6) is 0 Å². The van der Waals surface area contributed by atoms with Gasteiger partial charge in [0.1, 0.15) is 0 Å². The van der Waals surface area contributed by atoms with E-state index in [-0.39, 0.29) is 14.1 Å². The fourth-order valence-electron chi connectivity index (χ4n) is 4.73. The Kier molecular flexibility index (Phi) is 12.2. The molecule has 2 fully saturated rings. The number of hydrogen-bond acceptors (Lipinski definition) is 6. The normalized spacial score (nSPS) is 21.4. The van der Waals surface area contributed by atoms with Gasteiger partial charge in [-0.05, 0) is 84.3 Å². The van der Waals surface area contributed by atoms with Crippen molar-refractivity contribution in [2.45, 2.75) is 73.2 Å². The van der Waals surface area contributed by atoms with Gasteiger partial charge in [-0.1, -0.05) is 13.8 Å². The number of rotatable bonds is 6. The summed E-state index contributed by atoms with van der Waals surface area (Å²) in [6.07, 6.45) is 14.5. The van der Waals surface area contributed by atoms with E-state index in [1.54, 1.807) is 0 Å². The first kappa shape index (κ1) is 27.6. The molecule has 33 heavy (non-hydrogen) atoms. The van der Waals surface area contributed by atoms with Gasteiger partial charge in [0.15, 0.2) is 0 Å². The highest BCUT2D eigenvalue weighted by atomic mass is 16.2. The quantitative estimate of drug-likeness (QED) is 0.649. The van der Waals surface area contributed by atoms with Crippen LogP contribution in [0.1, 0.15) is 45.2 Å². The monoisotopic (exact) mass is 458 g/mol. The third-order valence-electron chi connectivity index (χ3n) is 6.42. The minimum Gasteiger partial charge on any atom is -0.437 e. The number of imidazole rings is 2. The molecule has 8 nitrogen and oxygen atoms in total. The van der Waals surface area contributed by atoms with Crippen molar-refractivity contribution >= 4 is 14.1 Å². The molecule has 0 radical (unpaired) electrons. The summed E-state index contributed by atoms with van der Waals surface area (Å²) in [5, 5.41) is 19.1. The molecule has 0 aliphatic carbocycles. The Morgan fingerprint density at radius 3 is 1.88 bits per heavy atom. The van der Waals surface area contributed by atoms with Crippen molar-refractivity contribution in [1.29, 1.82) is 0 Å². The van der Waals surface area contributed by atoms with Gasteiger partial charge < -0.3 is 28.8 Å². The predicted molar refractivity (Wildman–Crippen MR) is 137 cm³/mol. The molecule has 0 unspecified atom stereocenters. The number of aromatic nitrogens is 4. The van der Waals surface area contributed by atoms with Gasteiger partial charge in [0, 0.05) is 31.7 Å². The lowest BCUT2D eigenvalue weighted by molar-refractivity contribution is 0.224. The summed E-state index contributed by atoms with van der Waals surface area (Å²) < 4.78 is 4.28. The Labute approximate surface area is 201 Å². The summed E-state index contributed by atoms with van der Waals surface area (Å²) in [5.41, 5.74) is 1.07. The van der Waals surface area contributed by atoms with Crippen LogP contribution < -0.4 is 0 Å². The van der Waals surface area contributed by atoms with Gasteiger partial charge in [0.2, 0.25) is 0 Å². The van der Waals surface area contributed by atoms with Crippen LogP contribution in [-0.4, -0.2) is 79.1 Å². The number of nitrogens with zero attached hydrogens (tertiary/aromatic N) is 6. The molecule has 2 aromatic heterocycles. The zero-order valence-electron chi connectivity index (χ0n) is 21.3. The van der Waals surface area contributed by atoms with E-state index in [0.29, 0.717) is 11.8 Å². The van der Waals surface area contributed by atoms with Crippen LogP contribution in [0.25, 0.3) is 0 Å². The van der Waals surface area contributed by atoms with Gasteiger partial charge in [-0.15, -0.1) is 0 Å². The van der Waals surface area contributed by atoms with Crippen molar-refractivity contribution in [2.75, 3.05) is 26.2 Å². The molecule has 0 bridgehead atoms. The summed E-state index contributed by atoms with van der Waals surface area (Å²) in [6, 6.07) is 0. The Bertz CT molecular complexity index is 756. The first-order valence-corrected chi connectivity index (χ1v) is 12.7. The van der Waals surface area contributed by atoms with E-state index < -0.39 is 0 Å². The smallest absolute Gasteiger partial charge is 0.376 e. The van der Waals surface area contributed by atoms with Gasteiger partial charge >= 0.3 is 14.1 Å². The van der Waals surface area contributed by atoms with Crippen molar-refractivity contribution in [3.8, 4) is 0 Å². The van der Waals surface area contributed by atoms with Crippen LogP contribution >= 0.6 is 0 Å². The minimum atomic E-state index is -0.313. The molecule has 0 aromatic carbocycles. The molecule has 0 saturated carbocycles. The van der Waals surface area contributed by atoms with Crippen LogP contribution in [0.3, 0.4) is 0 Å². The van der Waals surface area contributed by atoms with E-state index >= 15 is 0 Å². The molecular formula is C23H44B2N6O2. The van der Waals surface area contributed by atoms with Crippen LogP contribution in [0.2, 0.25) is 13.6 Å². The largest absolute Gasteiger partial charge is 0.437 e. The number of aryl methyl sites for hydroxylation is 1. The van der Waals surface area contributed by atoms with Gasteiger partial charge in [-0.2, -0.15) is 0 Å². The molecule has 2 saturated heterocycles. The van der Waals surface area contributed by atoms with Crippen molar-refractivity contribution < 1.29 is 10.0 Å². The lowest BCUT2D eigenvalue weighted by Gasteiger charge is -2.33. The van der Waals surface area contributed by atoms with E-state index in [1.165, 1.54) is 25.7 Å². The Morgan fingerprint density at radius 1 is 0.909 bits per heavy atom. The average Bonchev–Trinajstić information content (AvgIpc) is 3.47. The van der Waals surface area contributed by atoms with E-state index in [0.717, 1.165) is 45.0 Å². The maximum Gasteiger partial charge on any atom is 0.376 e. The Morgan fingerprint density at radius 2 is 1.45 bits per heavy atom. The van der Waals surface area contributed by atoms with Crippen LogP contribution in [0, 0.1) is 18.8 Å². The average molecular weight is 458 g/mol. The molecule has 2 aliphatic rings. The molecule has 2 aliphatic heterocycles. The summed E-state index contributed by atoms with van der Waals surface area (Å²) in [4.78, 5) is 12.6. The SMILES string of the molecule is CB(O)N1CCC[C@H](Cn2ccnc2)C1.CB(O)N1CCC[C@H](Cn2cnc(C)c2)C1.CC. The highest BCUT2D eigenvalue weighted by molar-refractivity contribution is 6.45. The van der Waals surface area contributed by atoms with E-state index in [4.69, 9.17) is 0 Å². The molecule has 2 atom stereocenters. The molecule has 184 valence electrons. The highest BCUT2D eigenvalue weighted by Crippen LogP contribution is 2.19. The lowest BCUT2D eigenvalue weighted by atomic mass is 9.80. The van der Waals surface area contributed by atoms with E-state index in [1.807, 2.05) is 59.5 Å². The molecule has 2 aromatic rings. The molecule has 10 heteroatoms. The summed E-state index contributed by atoms with van der Waals surface area (Å²) in [5.74, 6) is 1.28. The summed E-state index contributed by atoms with van der Waals surface area (Å²) in [6.45, 7) is 15.8. The standard InChI is InChI=1S/C11H20BN3O.C10H18BN3O.C2H6/c1-10-6-14(9-13-10)7-11-4-3-5-15(8-11)12(2)16;1-11(15)14-5-2-3-10(8-14)7-13-6-4-12-9-13;1-2/h6,9,11,16H,3-5,7-8H2,1-2H3;4,6,9-10,15H,2-3,5,7-8H2,1H3;1-2H3/t11-;10-;/m11./s1. The van der Waals surface area contributed by atoms with Crippen molar-refractivity contribution in [1.82, 2.24) is 28.7 Å². The second-order valence-corrected chi connectivity index (χ2v) is 9.24. The molecule has 4 rings (SSSR count). The highest BCUT2D eigenvalue weighted by Gasteiger charge is 2.25. The number of hydrogen-bond donors (Lipinski definition) is 2. The second kappa shape index (κ2) is 14.6. The minimum absolute atomic E-state index is 0.310. The fraction of sp³-hybridized carbons (Fsp3) is 0.739. The second-order valence-electron chi connectivity index (χ2n) is 9.24. The van der Waals surface area contributed by atoms with Crippen molar-refractivity contribution in [2.24, 2.45) is 11.8 Å². The van der Waals surface area contributed by atoms with Crippen LogP contribution in [0.4, 0.5) is 0 Å². The fourth-order valence-corrected chi connectivity index (χ4v) is 4.73. The zero-order valence-corrected chi connectivity index (χ0v) is 21.3. The predicted octanol–water partition coefficient (Wildman–Crippen LogP) is 2.75. The molecule has 2 N–H and O–H groups in total. The first-order chi connectivity index (χ1) is 15.9. The maximum absolute atomic E-state index is 9.57. The summed E-state index contributed by atoms with van der Waals surface area (Å²) in [7, 11) is -0.622. The Balaban J connectivity index is 0.000000218. The van der Waals surface area contributed by atoms with Gasteiger partial charge in [-0.25, -0.2) is 9.97 Å². The summed E-state index contributed by atoms with van der Waals surface area (Å²) >= 11 is 0. The van der Waals surface area contributed by atoms with E-state index in [2.05, 4.69) is 34.9 Å². The first-order valence-electron chi connectivity index (χ1n) is 12.7. The third-order valence-corrected chi connectivity index (χ3v) is 6.42.